The summed E-state index contributed by atoms with van der Waals surface area (Å²) in [6.45, 7) is 2.31. The number of oxazole rings is 1. The number of aryl methyl sites for hydroxylation is 1. The molecule has 33 heavy (non-hydrogen) atoms. The van der Waals surface area contributed by atoms with Gasteiger partial charge in [0.1, 0.15) is 5.82 Å². The molecule has 1 fully saturated rings. The van der Waals surface area contributed by atoms with Crippen molar-refractivity contribution < 1.29 is 22.7 Å². The van der Waals surface area contributed by atoms with E-state index in [4.69, 9.17) is 9.15 Å². The van der Waals surface area contributed by atoms with Crippen molar-refractivity contribution in [2.24, 2.45) is 0 Å². The van der Waals surface area contributed by atoms with Crippen molar-refractivity contribution in [2.75, 3.05) is 20.2 Å². The Morgan fingerprint density at radius 1 is 1.18 bits per heavy atom. The second kappa shape index (κ2) is 10.6. The molecular weight excluding hydrogens is 428 g/mol. The van der Waals surface area contributed by atoms with Crippen LogP contribution < -0.4 is 10.1 Å². The topological polar surface area (TPSA) is 67.6 Å². The van der Waals surface area contributed by atoms with Crippen LogP contribution in [0.3, 0.4) is 0 Å². The van der Waals surface area contributed by atoms with Gasteiger partial charge in [-0.3, -0.25) is 9.69 Å². The highest BCUT2D eigenvalue weighted by Crippen LogP contribution is 2.24. The predicted octanol–water partition coefficient (Wildman–Crippen LogP) is 4.34. The molecule has 0 bridgehead atoms. The van der Waals surface area contributed by atoms with Crippen LogP contribution in [0.5, 0.6) is 5.75 Å². The Morgan fingerprint density at radius 2 is 1.97 bits per heavy atom. The van der Waals surface area contributed by atoms with Crippen LogP contribution in [0.4, 0.5) is 8.78 Å². The number of methoxy groups -OCH3 is 1. The second-order valence-corrected chi connectivity index (χ2v) is 8.18. The lowest BCUT2D eigenvalue weighted by molar-refractivity contribution is -0.122. The van der Waals surface area contributed by atoms with E-state index in [9.17, 15) is 13.6 Å². The molecule has 1 aliphatic heterocycles. The predicted molar refractivity (Wildman–Crippen MR) is 120 cm³/mol. The number of benzene rings is 2. The van der Waals surface area contributed by atoms with Crippen molar-refractivity contribution >= 4 is 5.91 Å². The highest BCUT2D eigenvalue weighted by atomic mass is 19.1. The van der Waals surface area contributed by atoms with E-state index >= 15 is 0 Å². The van der Waals surface area contributed by atoms with Crippen LogP contribution in [0.2, 0.25) is 0 Å². The molecule has 0 saturated carbocycles. The molecule has 0 aliphatic carbocycles. The van der Waals surface area contributed by atoms with Gasteiger partial charge >= 0.3 is 0 Å². The molecule has 1 saturated heterocycles. The summed E-state index contributed by atoms with van der Waals surface area (Å²) in [6, 6.07) is 11.5. The van der Waals surface area contributed by atoms with Crippen molar-refractivity contribution in [3.8, 4) is 17.1 Å². The third kappa shape index (κ3) is 5.96. The number of nitrogens with zero attached hydrogens (tertiary/aromatic N) is 2. The maximum atomic E-state index is 13.9. The number of carbonyl (C=O) groups excluding carboxylic acids is 1. The number of rotatable bonds is 8. The first kappa shape index (κ1) is 22.9. The van der Waals surface area contributed by atoms with Crippen LogP contribution in [0.25, 0.3) is 11.3 Å². The summed E-state index contributed by atoms with van der Waals surface area (Å²) in [4.78, 5) is 18.8. The van der Waals surface area contributed by atoms with Crippen LogP contribution in [0, 0.1) is 11.6 Å². The lowest BCUT2D eigenvalue weighted by atomic mass is 10.0. The molecule has 8 heteroatoms. The number of aromatic nitrogens is 1. The van der Waals surface area contributed by atoms with Gasteiger partial charge in [0.05, 0.1) is 18.9 Å². The summed E-state index contributed by atoms with van der Waals surface area (Å²) >= 11 is 0. The first-order chi connectivity index (χ1) is 16.0. The fourth-order valence-electron chi connectivity index (χ4n) is 4.03. The number of amides is 1. The van der Waals surface area contributed by atoms with Gasteiger partial charge in [-0.2, -0.15) is 0 Å². The van der Waals surface area contributed by atoms with Crippen molar-refractivity contribution in [2.45, 2.75) is 38.3 Å². The molecule has 1 amide bonds. The molecule has 1 aliphatic rings. The molecule has 0 unspecified atom stereocenters. The first-order valence-corrected chi connectivity index (χ1v) is 11.1. The number of ether oxygens (including phenoxy) is 1. The summed E-state index contributed by atoms with van der Waals surface area (Å²) in [7, 11) is 1.45. The molecule has 174 valence electrons. The zero-order chi connectivity index (χ0) is 23.2. The summed E-state index contributed by atoms with van der Waals surface area (Å²) in [5.74, 6) is 0.216. The minimum atomic E-state index is -0.374. The zero-order valence-corrected chi connectivity index (χ0v) is 18.5. The molecule has 0 atom stereocenters. The van der Waals surface area contributed by atoms with Crippen molar-refractivity contribution in [3.63, 3.8) is 0 Å². The van der Waals surface area contributed by atoms with Crippen LogP contribution in [-0.2, 0) is 17.8 Å². The normalized spacial score (nSPS) is 14.9. The lowest BCUT2D eigenvalue weighted by Gasteiger charge is -2.32. The second-order valence-electron chi connectivity index (χ2n) is 8.18. The third-order valence-corrected chi connectivity index (χ3v) is 5.83. The van der Waals surface area contributed by atoms with E-state index in [1.54, 1.807) is 24.3 Å². The minimum absolute atomic E-state index is 0.0590. The smallest absolute Gasteiger partial charge is 0.220 e. The molecule has 6 nitrogen and oxygen atoms in total. The molecule has 4 rings (SSSR count). The molecule has 3 aromatic rings. The Balaban J connectivity index is 1.20. The van der Waals surface area contributed by atoms with E-state index in [2.05, 4.69) is 15.2 Å². The highest BCUT2D eigenvalue weighted by molar-refractivity contribution is 5.76. The van der Waals surface area contributed by atoms with E-state index in [1.807, 2.05) is 6.07 Å². The quantitative estimate of drug-likeness (QED) is 0.547. The largest absolute Gasteiger partial charge is 0.494 e. The molecule has 0 radical (unpaired) electrons. The van der Waals surface area contributed by atoms with Gasteiger partial charge in [0, 0.05) is 38.5 Å². The monoisotopic (exact) mass is 455 g/mol. The SMILES string of the molecule is COc1ccc(CN2CCC(NC(=O)CCc3ncc(-c4ccccc4F)o3)CC2)cc1F. The molecule has 1 N–H and O–H groups in total. The molecule has 2 aromatic carbocycles. The zero-order valence-electron chi connectivity index (χ0n) is 18.5. The molecule has 1 aromatic heterocycles. The average Bonchev–Trinajstić information content (AvgIpc) is 3.28. The standard InChI is InChI=1S/C25H27F2N3O3/c1-32-22-7-6-17(14-21(22)27)16-30-12-10-18(11-13-30)29-24(31)8-9-25-28-15-23(33-25)19-4-2-3-5-20(19)26/h2-7,14-15,18H,8-13,16H2,1H3,(H,29,31). The van der Waals surface area contributed by atoms with Gasteiger partial charge in [-0.15, -0.1) is 0 Å². The van der Waals surface area contributed by atoms with E-state index in [0.29, 0.717) is 30.2 Å². The molecular formula is C25H27F2N3O3. The van der Waals surface area contributed by atoms with E-state index < -0.39 is 0 Å². The third-order valence-electron chi connectivity index (χ3n) is 5.83. The Labute approximate surface area is 191 Å². The number of hydrogen-bond acceptors (Lipinski definition) is 5. The fraction of sp³-hybridized carbons (Fsp3) is 0.360. The Morgan fingerprint density at radius 3 is 2.70 bits per heavy atom. The number of carbonyl (C=O) groups is 1. The van der Waals surface area contributed by atoms with Gasteiger partial charge in [0.2, 0.25) is 5.91 Å². The van der Waals surface area contributed by atoms with Gasteiger partial charge in [-0.05, 0) is 42.7 Å². The number of piperidine rings is 1. The number of nitrogens with one attached hydrogen (secondary N) is 1. The van der Waals surface area contributed by atoms with E-state index in [0.717, 1.165) is 31.5 Å². The Hall–Kier alpha value is -3.26. The lowest BCUT2D eigenvalue weighted by Crippen LogP contribution is -2.44. The minimum Gasteiger partial charge on any atom is -0.494 e. The van der Waals surface area contributed by atoms with Crippen LogP contribution >= 0.6 is 0 Å². The van der Waals surface area contributed by atoms with Gasteiger partial charge in [0.15, 0.2) is 23.2 Å². The van der Waals surface area contributed by atoms with Crippen molar-refractivity contribution in [1.82, 2.24) is 15.2 Å². The highest BCUT2D eigenvalue weighted by Gasteiger charge is 2.21. The van der Waals surface area contributed by atoms with Gasteiger partial charge in [-0.1, -0.05) is 18.2 Å². The summed E-state index contributed by atoms with van der Waals surface area (Å²) in [5.41, 5.74) is 1.25. The number of hydrogen-bond donors (Lipinski definition) is 1. The molecule has 0 spiro atoms. The van der Waals surface area contributed by atoms with Gasteiger partial charge < -0.3 is 14.5 Å². The maximum Gasteiger partial charge on any atom is 0.220 e. The van der Waals surface area contributed by atoms with Crippen molar-refractivity contribution in [3.05, 3.63) is 71.8 Å². The van der Waals surface area contributed by atoms with E-state index in [1.165, 1.54) is 25.4 Å². The van der Waals surface area contributed by atoms with E-state index in [-0.39, 0.29) is 35.8 Å². The maximum absolute atomic E-state index is 13.9. The summed E-state index contributed by atoms with van der Waals surface area (Å²) in [6.07, 6.45) is 3.75. The van der Waals surface area contributed by atoms with Gasteiger partial charge in [-0.25, -0.2) is 13.8 Å². The number of likely N-dealkylation sites (tertiary alicyclic amines) is 1. The van der Waals surface area contributed by atoms with Gasteiger partial charge in [0.25, 0.3) is 0 Å². The van der Waals surface area contributed by atoms with Crippen molar-refractivity contribution in [1.29, 1.82) is 0 Å². The summed E-state index contributed by atoms with van der Waals surface area (Å²) < 4.78 is 38.3. The Kier molecular flexibility index (Phi) is 7.34. The van der Waals surface area contributed by atoms with Crippen LogP contribution in [0.15, 0.2) is 53.1 Å². The number of halogens is 2. The fourth-order valence-corrected chi connectivity index (χ4v) is 4.03. The van der Waals surface area contributed by atoms with Crippen LogP contribution in [0.1, 0.15) is 30.7 Å². The molecule has 2 heterocycles. The summed E-state index contributed by atoms with van der Waals surface area (Å²) in [5, 5.41) is 3.07. The first-order valence-electron chi connectivity index (χ1n) is 11.1. The Bertz CT molecular complexity index is 1090. The average molecular weight is 456 g/mol. The van der Waals surface area contributed by atoms with Crippen LogP contribution in [-0.4, -0.2) is 42.0 Å².